The molecular formula is C22H29FN4OS. The van der Waals surface area contributed by atoms with Crippen molar-refractivity contribution in [2.45, 2.75) is 19.6 Å². The summed E-state index contributed by atoms with van der Waals surface area (Å²) in [5.74, 6) is 2.99. The van der Waals surface area contributed by atoms with E-state index in [2.05, 4.69) is 44.8 Å². The molecule has 2 aromatic rings. The van der Waals surface area contributed by atoms with Crippen LogP contribution in [-0.2, 0) is 6.54 Å². The topological polar surface area (TPSA) is 48.9 Å². The van der Waals surface area contributed by atoms with Crippen LogP contribution in [-0.4, -0.2) is 50.3 Å². The lowest BCUT2D eigenvalue weighted by molar-refractivity contribution is 0.214. The summed E-state index contributed by atoms with van der Waals surface area (Å²) in [6.07, 6.45) is -0.201. The van der Waals surface area contributed by atoms with Crippen molar-refractivity contribution in [2.24, 2.45) is 4.99 Å². The van der Waals surface area contributed by atoms with E-state index in [-0.39, 0.29) is 17.7 Å². The number of aliphatic imine (C=N–C) groups is 1. The van der Waals surface area contributed by atoms with Crippen molar-refractivity contribution in [1.29, 1.82) is 0 Å². The molecule has 0 aliphatic carbocycles. The lowest BCUT2D eigenvalue weighted by atomic mass is 10.2. The molecule has 1 fully saturated rings. The average molecular weight is 417 g/mol. The monoisotopic (exact) mass is 416 g/mol. The van der Waals surface area contributed by atoms with E-state index in [0.717, 1.165) is 13.1 Å². The summed E-state index contributed by atoms with van der Waals surface area (Å²) < 4.78 is 19.3. The van der Waals surface area contributed by atoms with Crippen molar-refractivity contribution in [1.82, 2.24) is 10.6 Å². The number of para-hydroxylation sites is 1. The number of nitrogens with one attached hydrogen (secondary N) is 2. The van der Waals surface area contributed by atoms with Crippen LogP contribution >= 0.6 is 11.8 Å². The van der Waals surface area contributed by atoms with Crippen molar-refractivity contribution in [3.8, 4) is 5.75 Å². The van der Waals surface area contributed by atoms with E-state index in [4.69, 9.17) is 4.74 Å². The number of halogens is 1. The molecule has 3 rings (SSSR count). The quantitative estimate of drug-likeness (QED) is 0.534. The minimum absolute atomic E-state index is 0.201. The van der Waals surface area contributed by atoms with E-state index in [1.807, 2.05) is 18.7 Å². The van der Waals surface area contributed by atoms with Crippen molar-refractivity contribution in [3.63, 3.8) is 0 Å². The average Bonchev–Trinajstić information content (AvgIpc) is 2.76. The predicted octanol–water partition coefficient (Wildman–Crippen LogP) is 3.51. The van der Waals surface area contributed by atoms with Gasteiger partial charge in [0.15, 0.2) is 17.5 Å². The van der Waals surface area contributed by atoms with Crippen molar-refractivity contribution >= 4 is 23.4 Å². The van der Waals surface area contributed by atoms with Crippen molar-refractivity contribution < 1.29 is 9.13 Å². The number of thioether (sulfide) groups is 1. The van der Waals surface area contributed by atoms with E-state index in [1.165, 1.54) is 28.8 Å². The Morgan fingerprint density at radius 1 is 1.14 bits per heavy atom. The Hall–Kier alpha value is -2.41. The fourth-order valence-corrected chi connectivity index (χ4v) is 3.99. The fourth-order valence-electron chi connectivity index (χ4n) is 3.09. The molecule has 1 atom stereocenters. The van der Waals surface area contributed by atoms with Gasteiger partial charge in [0.25, 0.3) is 0 Å². The zero-order chi connectivity index (χ0) is 20.5. The Bertz CT molecular complexity index is 794. The van der Waals surface area contributed by atoms with Crippen LogP contribution in [0, 0.1) is 5.82 Å². The number of benzene rings is 2. The first kappa shape index (κ1) is 21.3. The van der Waals surface area contributed by atoms with Crippen LogP contribution in [0.1, 0.15) is 12.5 Å². The van der Waals surface area contributed by atoms with E-state index in [0.29, 0.717) is 19.0 Å². The molecule has 1 saturated heterocycles. The lowest BCUT2D eigenvalue weighted by Gasteiger charge is -2.28. The van der Waals surface area contributed by atoms with Crippen molar-refractivity contribution in [3.05, 3.63) is 59.9 Å². The second-order valence-electron chi connectivity index (χ2n) is 6.93. The zero-order valence-electron chi connectivity index (χ0n) is 17.0. The third kappa shape index (κ3) is 6.56. The normalized spacial score (nSPS) is 15.7. The molecule has 7 heteroatoms. The summed E-state index contributed by atoms with van der Waals surface area (Å²) >= 11 is 2.02. The van der Waals surface area contributed by atoms with Crippen LogP contribution in [0.15, 0.2) is 53.5 Å². The van der Waals surface area contributed by atoms with Crippen LogP contribution < -0.4 is 20.3 Å². The van der Waals surface area contributed by atoms with Crippen LogP contribution in [0.5, 0.6) is 5.75 Å². The molecule has 2 aromatic carbocycles. The van der Waals surface area contributed by atoms with Gasteiger partial charge in [-0.25, -0.2) is 4.39 Å². The number of hydrogen-bond donors (Lipinski definition) is 2. The molecule has 0 aromatic heterocycles. The highest BCUT2D eigenvalue weighted by Crippen LogP contribution is 2.20. The first-order chi connectivity index (χ1) is 14.2. The number of anilines is 1. The summed E-state index contributed by atoms with van der Waals surface area (Å²) in [7, 11) is 1.73. The molecule has 2 N–H and O–H groups in total. The van der Waals surface area contributed by atoms with Crippen LogP contribution in [0.3, 0.4) is 0 Å². The summed E-state index contributed by atoms with van der Waals surface area (Å²) in [4.78, 5) is 6.68. The van der Waals surface area contributed by atoms with Gasteiger partial charge in [0.05, 0.1) is 6.54 Å². The molecule has 1 unspecified atom stereocenters. The SMILES string of the molecule is CN=C(NCc1ccc(N2CCSCC2)cc1)NCC(C)Oc1ccccc1F. The molecule has 0 radical (unpaired) electrons. The molecule has 0 saturated carbocycles. The number of nitrogens with zero attached hydrogens (tertiary/aromatic N) is 2. The zero-order valence-corrected chi connectivity index (χ0v) is 17.8. The van der Waals surface area contributed by atoms with E-state index >= 15 is 0 Å². The van der Waals surface area contributed by atoms with Gasteiger partial charge in [0, 0.05) is 43.9 Å². The minimum atomic E-state index is -0.353. The molecule has 1 aliphatic rings. The molecule has 156 valence electrons. The third-order valence-electron chi connectivity index (χ3n) is 4.72. The van der Waals surface area contributed by atoms with E-state index < -0.39 is 0 Å². The van der Waals surface area contributed by atoms with Gasteiger partial charge >= 0.3 is 0 Å². The highest BCUT2D eigenvalue weighted by Gasteiger charge is 2.11. The molecule has 0 spiro atoms. The smallest absolute Gasteiger partial charge is 0.191 e. The number of hydrogen-bond acceptors (Lipinski definition) is 4. The van der Waals surface area contributed by atoms with Gasteiger partial charge in [-0.2, -0.15) is 11.8 Å². The Labute approximate surface area is 176 Å². The van der Waals surface area contributed by atoms with E-state index in [9.17, 15) is 4.39 Å². The molecule has 0 amide bonds. The number of ether oxygens (including phenoxy) is 1. The molecule has 5 nitrogen and oxygen atoms in total. The fraction of sp³-hybridized carbons (Fsp3) is 0.409. The summed E-state index contributed by atoms with van der Waals surface area (Å²) in [6.45, 7) is 5.32. The van der Waals surface area contributed by atoms with Gasteiger partial charge < -0.3 is 20.3 Å². The first-order valence-corrected chi connectivity index (χ1v) is 11.1. The minimum Gasteiger partial charge on any atom is -0.486 e. The van der Waals surface area contributed by atoms with Crippen LogP contribution in [0.25, 0.3) is 0 Å². The lowest BCUT2D eigenvalue weighted by Crippen LogP contribution is -2.41. The van der Waals surface area contributed by atoms with Gasteiger partial charge in [-0.15, -0.1) is 0 Å². The second-order valence-corrected chi connectivity index (χ2v) is 8.16. The maximum absolute atomic E-state index is 13.7. The summed E-state index contributed by atoms with van der Waals surface area (Å²) in [5.41, 5.74) is 2.48. The maximum Gasteiger partial charge on any atom is 0.191 e. The molecule has 1 heterocycles. The highest BCUT2D eigenvalue weighted by atomic mass is 32.2. The molecule has 29 heavy (non-hydrogen) atoms. The third-order valence-corrected chi connectivity index (χ3v) is 5.66. The summed E-state index contributed by atoms with van der Waals surface area (Å²) in [5, 5.41) is 6.53. The maximum atomic E-state index is 13.7. The molecule has 0 bridgehead atoms. The Balaban J connectivity index is 1.43. The van der Waals surface area contributed by atoms with Crippen LogP contribution in [0.4, 0.5) is 10.1 Å². The molecule has 1 aliphatic heterocycles. The largest absolute Gasteiger partial charge is 0.486 e. The Morgan fingerprint density at radius 2 is 1.86 bits per heavy atom. The standard InChI is InChI=1S/C22H29FN4OS/c1-17(28-21-6-4-3-5-20(21)23)15-25-22(24-2)26-16-18-7-9-19(10-8-18)27-11-13-29-14-12-27/h3-10,17H,11-16H2,1-2H3,(H2,24,25,26). The van der Waals surface area contributed by atoms with Crippen molar-refractivity contribution in [2.75, 3.05) is 43.1 Å². The molecular weight excluding hydrogens is 387 g/mol. The predicted molar refractivity (Wildman–Crippen MR) is 121 cm³/mol. The second kappa shape index (κ2) is 11.0. The van der Waals surface area contributed by atoms with Gasteiger partial charge in [-0.05, 0) is 36.8 Å². The summed E-state index contributed by atoms with van der Waals surface area (Å²) in [6, 6.07) is 15.1. The van der Waals surface area contributed by atoms with Gasteiger partial charge in [-0.1, -0.05) is 24.3 Å². The Kier molecular flexibility index (Phi) is 8.04. The Morgan fingerprint density at radius 3 is 2.55 bits per heavy atom. The number of rotatable bonds is 7. The van der Waals surface area contributed by atoms with Crippen LogP contribution in [0.2, 0.25) is 0 Å². The highest BCUT2D eigenvalue weighted by molar-refractivity contribution is 7.99. The van der Waals surface area contributed by atoms with Gasteiger partial charge in [0.2, 0.25) is 0 Å². The van der Waals surface area contributed by atoms with Gasteiger partial charge in [-0.3, -0.25) is 4.99 Å². The van der Waals surface area contributed by atoms with E-state index in [1.54, 1.807) is 25.2 Å². The number of guanidine groups is 1. The van der Waals surface area contributed by atoms with Gasteiger partial charge in [0.1, 0.15) is 6.10 Å². The first-order valence-electron chi connectivity index (χ1n) is 9.93.